The third kappa shape index (κ3) is 2.14. The molecule has 0 unspecified atom stereocenters. The lowest BCUT2D eigenvalue weighted by molar-refractivity contribution is 0.170. The molecule has 17 heavy (non-hydrogen) atoms. The first kappa shape index (κ1) is 12.0. The van der Waals surface area contributed by atoms with Gasteiger partial charge in [0.1, 0.15) is 5.82 Å². The third-order valence-corrected chi connectivity index (χ3v) is 3.14. The fraction of sp³-hybridized carbons (Fsp3) is 0.500. The Bertz CT molecular complexity index is 468. The van der Waals surface area contributed by atoms with Crippen LogP contribution in [0, 0.1) is 5.41 Å². The van der Waals surface area contributed by atoms with Gasteiger partial charge in [-0.25, -0.2) is 0 Å². The van der Waals surface area contributed by atoms with Crippen molar-refractivity contribution in [2.24, 2.45) is 0 Å². The monoisotopic (exact) mass is 256 g/mol. The SMILES string of the molecule is N=c1c(OS)c(N)cc(N2CCCCC2)n1O. The maximum atomic E-state index is 9.90. The van der Waals surface area contributed by atoms with Gasteiger partial charge in [0.05, 0.1) is 5.69 Å². The Labute approximate surface area is 105 Å². The van der Waals surface area contributed by atoms with Gasteiger partial charge in [-0.3, -0.25) is 5.41 Å². The Morgan fingerprint density at radius 1 is 1.35 bits per heavy atom. The lowest BCUT2D eigenvalue weighted by Crippen LogP contribution is -2.35. The number of aromatic nitrogens is 1. The molecule has 0 spiro atoms. The number of rotatable bonds is 2. The van der Waals surface area contributed by atoms with Crippen molar-refractivity contribution in [3.63, 3.8) is 0 Å². The molecule has 4 N–H and O–H groups in total. The highest BCUT2D eigenvalue weighted by atomic mass is 32.1. The molecule has 0 aliphatic carbocycles. The van der Waals surface area contributed by atoms with E-state index in [1.165, 1.54) is 6.42 Å². The van der Waals surface area contributed by atoms with Crippen LogP contribution in [0.25, 0.3) is 0 Å². The molecule has 1 aromatic heterocycles. The number of nitrogen functional groups attached to an aromatic ring is 1. The summed E-state index contributed by atoms with van der Waals surface area (Å²) in [5.41, 5.74) is 5.87. The summed E-state index contributed by atoms with van der Waals surface area (Å²) in [5, 5.41) is 17.6. The summed E-state index contributed by atoms with van der Waals surface area (Å²) in [7, 11) is 0. The molecule has 0 saturated carbocycles. The quantitative estimate of drug-likeness (QED) is 0.361. The number of nitrogens with two attached hydrogens (primary N) is 1. The predicted octanol–water partition coefficient (Wildman–Crippen LogP) is 1.00. The van der Waals surface area contributed by atoms with E-state index in [1.54, 1.807) is 6.07 Å². The highest BCUT2D eigenvalue weighted by molar-refractivity contribution is 7.75. The van der Waals surface area contributed by atoms with Crippen molar-refractivity contribution in [1.29, 1.82) is 5.41 Å². The van der Waals surface area contributed by atoms with E-state index in [2.05, 4.69) is 17.1 Å². The van der Waals surface area contributed by atoms with E-state index in [9.17, 15) is 5.21 Å². The second kappa shape index (κ2) is 4.79. The Hall–Kier alpha value is -1.50. The minimum Gasteiger partial charge on any atom is -0.425 e. The minimum atomic E-state index is -0.194. The standard InChI is InChI=1S/C10H16N4O2S/c11-7-6-8(13-4-2-1-3-5-13)14(15)10(12)9(7)16-17/h6,12,15,17H,1-5,11H2. The summed E-state index contributed by atoms with van der Waals surface area (Å²) in [4.78, 5) is 2.01. The van der Waals surface area contributed by atoms with Crippen LogP contribution >= 0.6 is 12.9 Å². The number of hydrogen-bond donors (Lipinski definition) is 4. The highest BCUT2D eigenvalue weighted by Crippen LogP contribution is 2.25. The zero-order valence-corrected chi connectivity index (χ0v) is 10.3. The molecule has 7 heteroatoms. The van der Waals surface area contributed by atoms with Gasteiger partial charge in [0.2, 0.25) is 11.2 Å². The van der Waals surface area contributed by atoms with Crippen LogP contribution in [0.3, 0.4) is 0 Å². The van der Waals surface area contributed by atoms with Crippen molar-refractivity contribution in [3.05, 3.63) is 11.6 Å². The van der Waals surface area contributed by atoms with E-state index in [1.807, 2.05) is 4.90 Å². The van der Waals surface area contributed by atoms with Gasteiger partial charge in [-0.1, -0.05) is 0 Å². The summed E-state index contributed by atoms with van der Waals surface area (Å²) in [5.74, 6) is 0.595. The summed E-state index contributed by atoms with van der Waals surface area (Å²) in [6, 6.07) is 1.61. The molecule has 94 valence electrons. The molecule has 1 fully saturated rings. The van der Waals surface area contributed by atoms with Crippen LogP contribution in [0.2, 0.25) is 0 Å². The average molecular weight is 256 g/mol. The number of hydrogen-bond acceptors (Lipinski definition) is 6. The number of nitrogens with zero attached hydrogens (tertiary/aromatic N) is 2. The molecular weight excluding hydrogens is 240 g/mol. The molecule has 2 heterocycles. The summed E-state index contributed by atoms with van der Waals surface area (Å²) in [6.07, 6.45) is 3.36. The molecule has 1 aliphatic heterocycles. The zero-order valence-electron chi connectivity index (χ0n) is 9.39. The van der Waals surface area contributed by atoms with Crippen LogP contribution in [-0.2, 0) is 0 Å². The van der Waals surface area contributed by atoms with Gasteiger partial charge in [-0.2, -0.15) is 0 Å². The van der Waals surface area contributed by atoms with Crippen LogP contribution in [0.5, 0.6) is 5.75 Å². The van der Waals surface area contributed by atoms with E-state index < -0.39 is 0 Å². The first-order valence-corrected chi connectivity index (χ1v) is 5.87. The Balaban J connectivity index is 2.44. The van der Waals surface area contributed by atoms with Gasteiger partial charge in [0.25, 0.3) is 0 Å². The van der Waals surface area contributed by atoms with E-state index >= 15 is 0 Å². The fourth-order valence-corrected chi connectivity index (χ4v) is 2.25. The predicted molar refractivity (Wildman–Crippen MR) is 67.6 cm³/mol. The minimum absolute atomic E-state index is 0.0663. The van der Waals surface area contributed by atoms with Crippen molar-refractivity contribution in [1.82, 2.24) is 4.73 Å². The van der Waals surface area contributed by atoms with Crippen molar-refractivity contribution < 1.29 is 9.39 Å². The Morgan fingerprint density at radius 2 is 2.00 bits per heavy atom. The molecular formula is C10H16N4O2S. The van der Waals surface area contributed by atoms with Crippen LogP contribution in [0.15, 0.2) is 6.07 Å². The molecule has 1 aromatic rings. The number of pyridine rings is 1. The lowest BCUT2D eigenvalue weighted by atomic mass is 10.1. The van der Waals surface area contributed by atoms with Gasteiger partial charge in [-0.15, -0.1) is 4.73 Å². The largest absolute Gasteiger partial charge is 0.425 e. The van der Waals surface area contributed by atoms with Crippen molar-refractivity contribution in [3.8, 4) is 5.75 Å². The molecule has 1 saturated heterocycles. The molecule has 0 atom stereocenters. The topological polar surface area (TPSA) is 87.5 Å². The van der Waals surface area contributed by atoms with Crippen LogP contribution in [0.1, 0.15) is 19.3 Å². The van der Waals surface area contributed by atoms with Crippen molar-refractivity contribution in [2.45, 2.75) is 19.3 Å². The first-order chi connectivity index (χ1) is 8.15. The molecule has 1 aliphatic rings. The molecule has 6 nitrogen and oxygen atoms in total. The van der Waals surface area contributed by atoms with Gasteiger partial charge >= 0.3 is 0 Å². The van der Waals surface area contributed by atoms with Crippen molar-refractivity contribution >= 4 is 24.4 Å². The second-order valence-electron chi connectivity index (χ2n) is 4.09. The summed E-state index contributed by atoms with van der Waals surface area (Å²) >= 11 is 3.62. The van der Waals surface area contributed by atoms with E-state index in [0.29, 0.717) is 11.5 Å². The number of piperidine rings is 1. The van der Waals surface area contributed by atoms with Gasteiger partial charge < -0.3 is 20.0 Å². The second-order valence-corrected chi connectivity index (χ2v) is 4.27. The smallest absolute Gasteiger partial charge is 0.209 e. The Morgan fingerprint density at radius 3 is 2.59 bits per heavy atom. The maximum absolute atomic E-state index is 9.90. The molecule has 2 rings (SSSR count). The third-order valence-electron chi connectivity index (χ3n) is 2.96. The van der Waals surface area contributed by atoms with Crippen LogP contribution < -0.4 is 20.3 Å². The first-order valence-electron chi connectivity index (χ1n) is 5.51. The van der Waals surface area contributed by atoms with Gasteiger partial charge in [0, 0.05) is 32.1 Å². The lowest BCUT2D eigenvalue weighted by Gasteiger charge is -2.29. The Kier molecular flexibility index (Phi) is 3.37. The maximum Gasteiger partial charge on any atom is 0.209 e. The molecule has 0 amide bonds. The van der Waals surface area contributed by atoms with Crippen LogP contribution in [-0.4, -0.2) is 23.0 Å². The normalized spacial score (nSPS) is 15.9. The van der Waals surface area contributed by atoms with E-state index in [0.717, 1.165) is 30.7 Å². The number of thiol groups is 1. The highest BCUT2D eigenvalue weighted by Gasteiger charge is 2.18. The fourth-order valence-electron chi connectivity index (χ4n) is 2.06. The van der Waals surface area contributed by atoms with Crippen LogP contribution in [0.4, 0.5) is 11.5 Å². The van der Waals surface area contributed by atoms with Crippen molar-refractivity contribution in [2.75, 3.05) is 23.7 Å². The zero-order chi connectivity index (χ0) is 12.4. The van der Waals surface area contributed by atoms with Gasteiger partial charge in [-0.05, 0) is 19.3 Å². The molecule has 0 bridgehead atoms. The number of nitrogens with one attached hydrogen (secondary N) is 1. The summed E-state index contributed by atoms with van der Waals surface area (Å²) < 4.78 is 5.47. The molecule has 0 radical (unpaired) electrons. The van der Waals surface area contributed by atoms with E-state index in [-0.39, 0.29) is 11.2 Å². The number of anilines is 2. The van der Waals surface area contributed by atoms with E-state index in [4.69, 9.17) is 11.1 Å². The molecule has 0 aromatic carbocycles. The van der Waals surface area contributed by atoms with Gasteiger partial charge in [0.15, 0.2) is 0 Å². The summed E-state index contributed by atoms with van der Waals surface area (Å²) in [6.45, 7) is 1.72. The average Bonchev–Trinajstić information content (AvgIpc) is 2.35.